The van der Waals surface area contributed by atoms with E-state index in [1.54, 1.807) is 11.8 Å². The van der Waals surface area contributed by atoms with Crippen molar-refractivity contribution in [3.05, 3.63) is 0 Å². The van der Waals surface area contributed by atoms with Gasteiger partial charge in [0.05, 0.1) is 0 Å². The fraction of sp³-hybridized carbons (Fsp3) is 0.700. The van der Waals surface area contributed by atoms with E-state index in [1.165, 1.54) is 14.2 Å². The maximum atomic E-state index is 12.2. The molecule has 1 saturated heterocycles. The zero-order valence-electron chi connectivity index (χ0n) is 10.4. The van der Waals surface area contributed by atoms with Crippen LogP contribution in [-0.4, -0.2) is 62.6 Å². The van der Waals surface area contributed by atoms with Crippen LogP contribution in [0.3, 0.4) is 0 Å². The molecule has 7 heteroatoms. The summed E-state index contributed by atoms with van der Waals surface area (Å²) in [7, 11) is 2.81. The van der Waals surface area contributed by atoms with Gasteiger partial charge in [0, 0.05) is 26.2 Å². The van der Waals surface area contributed by atoms with Gasteiger partial charge in [-0.1, -0.05) is 10.3 Å². The van der Waals surface area contributed by atoms with Crippen LogP contribution in [0.5, 0.6) is 0 Å². The van der Waals surface area contributed by atoms with Gasteiger partial charge in [0.1, 0.15) is 19.9 Å². The molecular formula is C10H18N4O3. The van der Waals surface area contributed by atoms with E-state index < -0.39 is 0 Å². The van der Waals surface area contributed by atoms with Crippen molar-refractivity contribution in [1.82, 2.24) is 10.2 Å². The molecular weight excluding hydrogens is 224 g/mol. The minimum Gasteiger partial charge on any atom is -0.399 e. The fourth-order valence-corrected chi connectivity index (χ4v) is 1.55. The van der Waals surface area contributed by atoms with Crippen LogP contribution in [0.2, 0.25) is 0 Å². The van der Waals surface area contributed by atoms with Crippen LogP contribution in [0.4, 0.5) is 0 Å². The minimum absolute atomic E-state index is 0.177. The second-order valence-electron chi connectivity index (χ2n) is 3.52. The van der Waals surface area contributed by atoms with Crippen LogP contribution in [0.25, 0.3) is 0 Å². The maximum Gasteiger partial charge on any atom is 0.278 e. The van der Waals surface area contributed by atoms with Gasteiger partial charge in [-0.15, -0.1) is 0 Å². The second kappa shape index (κ2) is 6.85. The summed E-state index contributed by atoms with van der Waals surface area (Å²) in [6.45, 7) is 4.53. The normalized spacial score (nSPS) is 17.9. The molecule has 1 aliphatic heterocycles. The molecule has 96 valence electrons. The highest BCUT2D eigenvalue weighted by Crippen LogP contribution is 1.99. The predicted molar refractivity (Wildman–Crippen MR) is 64.0 cm³/mol. The number of rotatable bonds is 4. The fourth-order valence-electron chi connectivity index (χ4n) is 1.55. The Morgan fingerprint density at radius 3 is 2.29 bits per heavy atom. The summed E-state index contributed by atoms with van der Waals surface area (Å²) in [6, 6.07) is 0. The first-order chi connectivity index (χ1) is 8.20. The molecule has 7 nitrogen and oxygen atoms in total. The molecule has 1 fully saturated rings. The zero-order chi connectivity index (χ0) is 12.7. The van der Waals surface area contributed by atoms with Gasteiger partial charge in [0.2, 0.25) is 0 Å². The Morgan fingerprint density at radius 2 is 1.76 bits per heavy atom. The van der Waals surface area contributed by atoms with E-state index in [2.05, 4.69) is 25.3 Å². The zero-order valence-corrected chi connectivity index (χ0v) is 10.4. The summed E-state index contributed by atoms with van der Waals surface area (Å²) < 4.78 is 0. The highest BCUT2D eigenvalue weighted by atomic mass is 16.6. The Balaban J connectivity index is 2.80. The monoisotopic (exact) mass is 242 g/mol. The first-order valence-corrected chi connectivity index (χ1v) is 5.40. The number of hydrogen-bond donors (Lipinski definition) is 1. The van der Waals surface area contributed by atoms with E-state index in [1.807, 2.05) is 0 Å². The second-order valence-corrected chi connectivity index (χ2v) is 3.52. The highest BCUT2D eigenvalue weighted by molar-refractivity contribution is 6.66. The summed E-state index contributed by atoms with van der Waals surface area (Å²) >= 11 is 0. The molecule has 17 heavy (non-hydrogen) atoms. The lowest BCUT2D eigenvalue weighted by Crippen LogP contribution is -2.49. The number of piperazine rings is 1. The Morgan fingerprint density at radius 1 is 1.18 bits per heavy atom. The first kappa shape index (κ1) is 13.4. The SMILES string of the molecule is CON=C(C)C(=NOC)C(=O)N1CCNCC1. The third-order valence-corrected chi connectivity index (χ3v) is 2.36. The Bertz CT molecular complexity index is 322. The first-order valence-electron chi connectivity index (χ1n) is 5.40. The molecule has 0 atom stereocenters. The third kappa shape index (κ3) is 3.70. The quantitative estimate of drug-likeness (QED) is 0.530. The van der Waals surface area contributed by atoms with E-state index in [4.69, 9.17) is 0 Å². The predicted octanol–water partition coefficient (Wildman–Crippen LogP) is -0.557. The molecule has 0 radical (unpaired) electrons. The molecule has 1 heterocycles. The Kier molecular flexibility index (Phi) is 5.41. The lowest BCUT2D eigenvalue weighted by Gasteiger charge is -2.27. The van der Waals surface area contributed by atoms with Crippen molar-refractivity contribution in [3.63, 3.8) is 0 Å². The third-order valence-electron chi connectivity index (χ3n) is 2.36. The van der Waals surface area contributed by atoms with Crippen molar-refractivity contribution in [1.29, 1.82) is 0 Å². The van der Waals surface area contributed by atoms with Crippen molar-refractivity contribution in [2.75, 3.05) is 40.4 Å². The number of carbonyl (C=O) groups is 1. The molecule has 0 spiro atoms. The van der Waals surface area contributed by atoms with Gasteiger partial charge in [0.25, 0.3) is 5.91 Å². The number of nitrogens with one attached hydrogen (secondary N) is 1. The summed E-state index contributed by atoms with van der Waals surface area (Å²) in [5, 5.41) is 10.6. The lowest BCUT2D eigenvalue weighted by molar-refractivity contribution is -0.124. The van der Waals surface area contributed by atoms with Gasteiger partial charge < -0.3 is 19.9 Å². The Hall–Kier alpha value is -1.63. The van der Waals surface area contributed by atoms with Crippen molar-refractivity contribution in [2.45, 2.75) is 6.92 Å². The number of carbonyl (C=O) groups excluding carboxylic acids is 1. The van der Waals surface area contributed by atoms with E-state index in [-0.39, 0.29) is 11.6 Å². The van der Waals surface area contributed by atoms with Crippen LogP contribution >= 0.6 is 0 Å². The number of hydrogen-bond acceptors (Lipinski definition) is 6. The van der Waals surface area contributed by atoms with Crippen molar-refractivity contribution >= 4 is 17.3 Å². The highest BCUT2D eigenvalue weighted by Gasteiger charge is 2.24. The summed E-state index contributed by atoms with van der Waals surface area (Å²) in [5.41, 5.74) is 0.578. The van der Waals surface area contributed by atoms with Gasteiger partial charge in [-0.25, -0.2) is 0 Å². The molecule has 1 amide bonds. The molecule has 1 rings (SSSR count). The molecule has 0 saturated carbocycles. The topological polar surface area (TPSA) is 75.5 Å². The van der Waals surface area contributed by atoms with Crippen molar-refractivity contribution in [2.24, 2.45) is 10.3 Å². The minimum atomic E-state index is -0.188. The number of amides is 1. The summed E-state index contributed by atoms with van der Waals surface area (Å²) in [6.07, 6.45) is 0. The van der Waals surface area contributed by atoms with Gasteiger partial charge >= 0.3 is 0 Å². The van der Waals surface area contributed by atoms with E-state index in [9.17, 15) is 4.79 Å². The molecule has 1 aliphatic rings. The smallest absolute Gasteiger partial charge is 0.278 e. The average Bonchev–Trinajstić information content (AvgIpc) is 2.36. The molecule has 1 N–H and O–H groups in total. The summed E-state index contributed by atoms with van der Waals surface area (Å²) in [5.74, 6) is -0.188. The average molecular weight is 242 g/mol. The van der Waals surface area contributed by atoms with Crippen LogP contribution in [0.1, 0.15) is 6.92 Å². The van der Waals surface area contributed by atoms with Crippen LogP contribution in [0.15, 0.2) is 10.3 Å². The molecule has 0 bridgehead atoms. The molecule has 0 unspecified atom stereocenters. The Labute approximate surface area is 100 Å². The van der Waals surface area contributed by atoms with Gasteiger partial charge in [-0.3, -0.25) is 4.79 Å². The van der Waals surface area contributed by atoms with Crippen molar-refractivity contribution < 1.29 is 14.5 Å². The number of nitrogens with zero attached hydrogens (tertiary/aromatic N) is 3. The van der Waals surface area contributed by atoms with Gasteiger partial charge in [-0.2, -0.15) is 0 Å². The maximum absolute atomic E-state index is 12.2. The van der Waals surface area contributed by atoms with E-state index in [0.717, 1.165) is 13.1 Å². The lowest BCUT2D eigenvalue weighted by atomic mass is 10.2. The molecule has 0 aromatic rings. The van der Waals surface area contributed by atoms with Crippen LogP contribution in [0, 0.1) is 0 Å². The number of oxime groups is 2. The molecule has 0 aromatic heterocycles. The van der Waals surface area contributed by atoms with Crippen LogP contribution in [-0.2, 0) is 14.5 Å². The van der Waals surface area contributed by atoms with Crippen LogP contribution < -0.4 is 5.32 Å². The van der Waals surface area contributed by atoms with E-state index in [0.29, 0.717) is 18.8 Å². The van der Waals surface area contributed by atoms with E-state index >= 15 is 0 Å². The largest absolute Gasteiger partial charge is 0.399 e. The summed E-state index contributed by atoms with van der Waals surface area (Å²) in [4.78, 5) is 23.2. The van der Waals surface area contributed by atoms with Gasteiger partial charge in [-0.05, 0) is 6.92 Å². The standard InChI is InChI=1S/C10H18N4O3/c1-8(12-16-2)9(13-17-3)10(15)14-6-4-11-5-7-14/h11H,4-7H2,1-3H3. The van der Waals surface area contributed by atoms with Crippen molar-refractivity contribution in [3.8, 4) is 0 Å². The molecule has 0 aromatic carbocycles. The molecule has 0 aliphatic carbocycles. The van der Waals surface area contributed by atoms with Gasteiger partial charge in [0.15, 0.2) is 5.71 Å².